The zero-order valence-electron chi connectivity index (χ0n) is 10.8. The molecule has 0 fully saturated rings. The molecule has 2 rings (SSSR count). The van der Waals surface area contributed by atoms with Crippen LogP contribution in [0.1, 0.15) is 12.2 Å². The molecule has 6 heteroatoms. The molecule has 1 amide bonds. The molecule has 1 aliphatic heterocycles. The summed E-state index contributed by atoms with van der Waals surface area (Å²) in [6.07, 6.45) is 4.89. The summed E-state index contributed by atoms with van der Waals surface area (Å²) in [5, 5.41) is 2.85. The highest BCUT2D eigenvalue weighted by molar-refractivity contribution is 5.78. The molecule has 1 aliphatic rings. The van der Waals surface area contributed by atoms with Crippen molar-refractivity contribution in [3.63, 3.8) is 0 Å². The number of carbonyl (C=O) groups excluding carboxylic acids is 1. The number of methoxy groups -OCH3 is 2. The Balaban J connectivity index is 1.84. The fourth-order valence-corrected chi connectivity index (χ4v) is 2.17. The summed E-state index contributed by atoms with van der Waals surface area (Å²) < 4.78 is 12.1. The van der Waals surface area contributed by atoms with Crippen molar-refractivity contribution >= 4 is 5.91 Å². The molecule has 0 saturated carbocycles. The van der Waals surface area contributed by atoms with Gasteiger partial charge in [0.2, 0.25) is 5.91 Å². The fourth-order valence-electron chi connectivity index (χ4n) is 2.17. The third-order valence-corrected chi connectivity index (χ3v) is 3.29. The molecule has 1 aromatic heterocycles. The van der Waals surface area contributed by atoms with E-state index in [2.05, 4.69) is 14.9 Å². The Kier molecular flexibility index (Phi) is 4.33. The number of nitrogens with one attached hydrogen (secondary N) is 1. The first-order valence-electron chi connectivity index (χ1n) is 6.08. The predicted molar refractivity (Wildman–Crippen MR) is 64.9 cm³/mol. The average Bonchev–Trinajstić information content (AvgIpc) is 2.86. The van der Waals surface area contributed by atoms with Crippen LogP contribution in [0.5, 0.6) is 0 Å². The van der Waals surface area contributed by atoms with Crippen molar-refractivity contribution in [1.82, 2.24) is 14.9 Å². The standard InChI is InChI=1S/C12H19N3O3/c1-17-11(18-2)8-14-12(16)9-3-5-15-6-4-13-10(15)7-9/h4,6,9,11H,3,5,7-8H2,1-2H3,(H,14,16). The third kappa shape index (κ3) is 2.88. The molecule has 0 radical (unpaired) electrons. The van der Waals surface area contributed by atoms with Crippen LogP contribution in [0.3, 0.4) is 0 Å². The minimum absolute atomic E-state index is 0.00531. The molecule has 18 heavy (non-hydrogen) atoms. The number of carbonyl (C=O) groups is 1. The largest absolute Gasteiger partial charge is 0.354 e. The van der Waals surface area contributed by atoms with Crippen molar-refractivity contribution < 1.29 is 14.3 Å². The second-order valence-corrected chi connectivity index (χ2v) is 4.37. The van der Waals surface area contributed by atoms with Crippen LogP contribution in [0.4, 0.5) is 0 Å². The number of amides is 1. The highest BCUT2D eigenvalue weighted by Crippen LogP contribution is 2.19. The van der Waals surface area contributed by atoms with Crippen LogP contribution >= 0.6 is 0 Å². The summed E-state index contributed by atoms with van der Waals surface area (Å²) in [5.41, 5.74) is 0. The van der Waals surface area contributed by atoms with Crippen molar-refractivity contribution in [3.8, 4) is 0 Å². The molecule has 6 nitrogen and oxygen atoms in total. The summed E-state index contributed by atoms with van der Waals surface area (Å²) in [6, 6.07) is 0. The van der Waals surface area contributed by atoms with Gasteiger partial charge in [-0.05, 0) is 6.42 Å². The first-order chi connectivity index (χ1) is 8.74. The molecule has 100 valence electrons. The number of rotatable bonds is 5. The zero-order chi connectivity index (χ0) is 13.0. The Morgan fingerprint density at radius 2 is 2.39 bits per heavy atom. The number of ether oxygens (including phenoxy) is 2. The SMILES string of the molecule is COC(CNC(=O)C1CCn2ccnc2C1)OC. The first-order valence-corrected chi connectivity index (χ1v) is 6.08. The van der Waals surface area contributed by atoms with Crippen molar-refractivity contribution in [2.45, 2.75) is 25.7 Å². The highest BCUT2D eigenvalue weighted by Gasteiger charge is 2.25. The van der Waals surface area contributed by atoms with E-state index >= 15 is 0 Å². The number of hydrogen-bond acceptors (Lipinski definition) is 4. The third-order valence-electron chi connectivity index (χ3n) is 3.29. The summed E-state index contributed by atoms with van der Waals surface area (Å²) in [7, 11) is 3.11. The molecule has 0 spiro atoms. The lowest BCUT2D eigenvalue weighted by Crippen LogP contribution is -2.40. The van der Waals surface area contributed by atoms with Gasteiger partial charge in [0, 0.05) is 45.5 Å². The van der Waals surface area contributed by atoms with Gasteiger partial charge in [-0.2, -0.15) is 0 Å². The van der Waals surface area contributed by atoms with Crippen LogP contribution < -0.4 is 5.32 Å². The number of hydrogen-bond donors (Lipinski definition) is 1. The van der Waals surface area contributed by atoms with Crippen molar-refractivity contribution in [3.05, 3.63) is 18.2 Å². The summed E-state index contributed by atoms with van der Waals surface area (Å²) >= 11 is 0. The Morgan fingerprint density at radius 3 is 3.11 bits per heavy atom. The van der Waals surface area contributed by atoms with E-state index in [-0.39, 0.29) is 18.1 Å². The minimum Gasteiger partial charge on any atom is -0.354 e. The zero-order valence-corrected chi connectivity index (χ0v) is 10.8. The molecular weight excluding hydrogens is 234 g/mol. The maximum atomic E-state index is 12.0. The Labute approximate surface area is 106 Å². The van der Waals surface area contributed by atoms with Gasteiger partial charge in [-0.3, -0.25) is 4.79 Å². The van der Waals surface area contributed by atoms with Crippen molar-refractivity contribution in [2.75, 3.05) is 20.8 Å². The van der Waals surface area contributed by atoms with Crippen LogP contribution in [0.15, 0.2) is 12.4 Å². The van der Waals surface area contributed by atoms with E-state index in [4.69, 9.17) is 9.47 Å². The van der Waals surface area contributed by atoms with Gasteiger partial charge < -0.3 is 19.4 Å². The van der Waals surface area contributed by atoms with Crippen LogP contribution in [-0.2, 0) is 27.2 Å². The van der Waals surface area contributed by atoms with Crippen LogP contribution in [-0.4, -0.2) is 42.5 Å². The lowest BCUT2D eigenvalue weighted by molar-refractivity contribution is -0.131. The number of imidazole rings is 1. The Hall–Kier alpha value is -1.40. The second-order valence-electron chi connectivity index (χ2n) is 4.37. The molecule has 0 aromatic carbocycles. The lowest BCUT2D eigenvalue weighted by atomic mass is 9.97. The van der Waals surface area contributed by atoms with Gasteiger partial charge in [0.05, 0.1) is 6.54 Å². The van der Waals surface area contributed by atoms with E-state index in [0.29, 0.717) is 13.0 Å². The molecule has 1 N–H and O–H groups in total. The van der Waals surface area contributed by atoms with Gasteiger partial charge in [-0.15, -0.1) is 0 Å². The van der Waals surface area contributed by atoms with Gasteiger partial charge in [-0.25, -0.2) is 4.98 Å². The summed E-state index contributed by atoms with van der Waals surface area (Å²) in [4.78, 5) is 16.3. The van der Waals surface area contributed by atoms with Crippen LogP contribution in [0, 0.1) is 5.92 Å². The number of aryl methyl sites for hydroxylation is 1. The monoisotopic (exact) mass is 253 g/mol. The maximum absolute atomic E-state index is 12.0. The summed E-state index contributed by atoms with van der Waals surface area (Å²) in [6.45, 7) is 1.22. The van der Waals surface area contributed by atoms with E-state index in [1.54, 1.807) is 20.4 Å². The smallest absolute Gasteiger partial charge is 0.223 e. The predicted octanol–water partition coefficient (Wildman–Crippen LogP) is 0.181. The van der Waals surface area contributed by atoms with E-state index in [1.165, 1.54) is 0 Å². The Morgan fingerprint density at radius 1 is 1.61 bits per heavy atom. The molecule has 2 heterocycles. The average molecular weight is 253 g/mol. The van der Waals surface area contributed by atoms with Gasteiger partial charge in [0.25, 0.3) is 0 Å². The quantitative estimate of drug-likeness (QED) is 0.760. The van der Waals surface area contributed by atoms with Crippen LogP contribution in [0.25, 0.3) is 0 Å². The van der Waals surface area contributed by atoms with Crippen LogP contribution in [0.2, 0.25) is 0 Å². The van der Waals surface area contributed by atoms with Crippen molar-refractivity contribution in [2.24, 2.45) is 5.92 Å². The molecule has 1 unspecified atom stereocenters. The molecule has 0 bridgehead atoms. The van der Waals surface area contributed by atoms with E-state index in [9.17, 15) is 4.79 Å². The maximum Gasteiger partial charge on any atom is 0.223 e. The first kappa shape index (κ1) is 13.0. The minimum atomic E-state index is -0.389. The molecule has 0 saturated heterocycles. The topological polar surface area (TPSA) is 65.4 Å². The second kappa shape index (κ2) is 5.97. The van der Waals surface area contributed by atoms with E-state index in [1.807, 2.05) is 6.20 Å². The lowest BCUT2D eigenvalue weighted by Gasteiger charge is -2.23. The molecular formula is C12H19N3O3. The van der Waals surface area contributed by atoms with E-state index in [0.717, 1.165) is 18.8 Å². The molecule has 1 atom stereocenters. The van der Waals surface area contributed by atoms with Gasteiger partial charge in [-0.1, -0.05) is 0 Å². The van der Waals surface area contributed by atoms with E-state index < -0.39 is 0 Å². The Bertz CT molecular complexity index is 401. The number of aromatic nitrogens is 2. The van der Waals surface area contributed by atoms with Gasteiger partial charge in [0.1, 0.15) is 5.82 Å². The normalized spacial score (nSPS) is 18.7. The highest BCUT2D eigenvalue weighted by atomic mass is 16.7. The molecule has 1 aromatic rings. The fraction of sp³-hybridized carbons (Fsp3) is 0.667. The van der Waals surface area contributed by atoms with Crippen molar-refractivity contribution in [1.29, 1.82) is 0 Å². The van der Waals surface area contributed by atoms with Gasteiger partial charge >= 0.3 is 0 Å². The number of nitrogens with zero attached hydrogens (tertiary/aromatic N) is 2. The molecule has 0 aliphatic carbocycles. The summed E-state index contributed by atoms with van der Waals surface area (Å²) in [5.74, 6) is 1.02. The number of fused-ring (bicyclic) bond motifs is 1. The van der Waals surface area contributed by atoms with Gasteiger partial charge in [0.15, 0.2) is 6.29 Å².